The summed E-state index contributed by atoms with van der Waals surface area (Å²) in [5, 5.41) is 13.5. The van der Waals surface area contributed by atoms with Crippen LogP contribution in [0.15, 0.2) is 24.9 Å². The molecule has 1 rings (SSSR count). The minimum Gasteiger partial charge on any atom is -0.364 e. The molecular formula is C10H13N3O2. The maximum absolute atomic E-state index is 10.5. The van der Waals surface area contributed by atoms with E-state index in [0.717, 1.165) is 5.56 Å². The van der Waals surface area contributed by atoms with Crippen LogP contribution in [-0.2, 0) is 0 Å². The summed E-state index contributed by atoms with van der Waals surface area (Å²) in [5.41, 5.74) is 0.752. The molecule has 1 atom stereocenters. The first-order valence-electron chi connectivity index (χ1n) is 4.54. The minimum absolute atomic E-state index is 0.00399. The lowest BCUT2D eigenvalue weighted by Gasteiger charge is -2.11. The van der Waals surface area contributed by atoms with Crippen LogP contribution >= 0.6 is 0 Å². The molecule has 0 aliphatic heterocycles. The number of nitrogens with one attached hydrogen (secondary N) is 1. The van der Waals surface area contributed by atoms with Crippen molar-refractivity contribution < 1.29 is 4.92 Å². The van der Waals surface area contributed by atoms with Crippen LogP contribution in [0.25, 0.3) is 0 Å². The number of pyridine rings is 1. The van der Waals surface area contributed by atoms with Crippen molar-refractivity contribution in [3.05, 3.63) is 40.6 Å². The van der Waals surface area contributed by atoms with Crippen LogP contribution in [0, 0.1) is 17.0 Å². The molecule has 1 N–H and O–H groups in total. The summed E-state index contributed by atoms with van der Waals surface area (Å²) < 4.78 is 0. The van der Waals surface area contributed by atoms with Crippen LogP contribution in [0.4, 0.5) is 11.5 Å². The van der Waals surface area contributed by atoms with E-state index >= 15 is 0 Å². The molecule has 1 aromatic heterocycles. The number of rotatable bonds is 4. The lowest BCUT2D eigenvalue weighted by Crippen LogP contribution is -2.13. The standard InChI is InChI=1S/C10H13N3O2/c1-4-8(3)12-10-7(2)5-9(6-11-10)13(14)15/h4-6,8H,1H2,2-3H3,(H,11,12). The Morgan fingerprint density at radius 1 is 1.73 bits per heavy atom. The van der Waals surface area contributed by atoms with Crippen LogP contribution in [-0.4, -0.2) is 15.9 Å². The maximum Gasteiger partial charge on any atom is 0.287 e. The van der Waals surface area contributed by atoms with E-state index in [4.69, 9.17) is 0 Å². The SMILES string of the molecule is C=CC(C)Nc1ncc([N+](=O)[O-])cc1C. The number of nitro groups is 1. The first-order chi connectivity index (χ1) is 7.04. The molecule has 0 saturated heterocycles. The average Bonchev–Trinajstić information content (AvgIpc) is 2.20. The van der Waals surface area contributed by atoms with Gasteiger partial charge in [0, 0.05) is 12.1 Å². The third kappa shape index (κ3) is 2.77. The zero-order chi connectivity index (χ0) is 11.4. The van der Waals surface area contributed by atoms with Gasteiger partial charge >= 0.3 is 0 Å². The number of nitrogens with zero attached hydrogens (tertiary/aromatic N) is 2. The summed E-state index contributed by atoms with van der Waals surface area (Å²) in [7, 11) is 0. The molecule has 15 heavy (non-hydrogen) atoms. The van der Waals surface area contributed by atoms with Gasteiger partial charge in [0.25, 0.3) is 5.69 Å². The first-order valence-corrected chi connectivity index (χ1v) is 4.54. The van der Waals surface area contributed by atoms with Crippen molar-refractivity contribution >= 4 is 11.5 Å². The highest BCUT2D eigenvalue weighted by atomic mass is 16.6. The Morgan fingerprint density at radius 2 is 2.40 bits per heavy atom. The molecule has 0 aliphatic rings. The summed E-state index contributed by atoms with van der Waals surface area (Å²) in [6, 6.07) is 1.57. The van der Waals surface area contributed by atoms with Gasteiger partial charge in [-0.1, -0.05) is 6.08 Å². The highest BCUT2D eigenvalue weighted by molar-refractivity contribution is 5.49. The fourth-order valence-corrected chi connectivity index (χ4v) is 1.09. The van der Waals surface area contributed by atoms with Crippen molar-refractivity contribution in [3.63, 3.8) is 0 Å². The van der Waals surface area contributed by atoms with Crippen LogP contribution in [0.5, 0.6) is 0 Å². The van der Waals surface area contributed by atoms with Gasteiger partial charge in [0.05, 0.1) is 4.92 Å². The number of anilines is 1. The highest BCUT2D eigenvalue weighted by Gasteiger charge is 2.09. The third-order valence-corrected chi connectivity index (χ3v) is 1.99. The van der Waals surface area contributed by atoms with E-state index in [-0.39, 0.29) is 11.7 Å². The molecule has 0 aliphatic carbocycles. The molecule has 80 valence electrons. The smallest absolute Gasteiger partial charge is 0.287 e. The van der Waals surface area contributed by atoms with Crippen molar-refractivity contribution in [3.8, 4) is 0 Å². The second-order valence-electron chi connectivity index (χ2n) is 3.28. The van der Waals surface area contributed by atoms with E-state index in [0.29, 0.717) is 5.82 Å². The van der Waals surface area contributed by atoms with Crippen LogP contribution < -0.4 is 5.32 Å². The van der Waals surface area contributed by atoms with Crippen molar-refractivity contribution in [2.45, 2.75) is 19.9 Å². The van der Waals surface area contributed by atoms with Gasteiger partial charge < -0.3 is 5.32 Å². The molecule has 0 saturated carbocycles. The average molecular weight is 207 g/mol. The fraction of sp³-hybridized carbons (Fsp3) is 0.300. The molecule has 0 aromatic carbocycles. The molecule has 0 fully saturated rings. The molecule has 1 unspecified atom stereocenters. The summed E-state index contributed by atoms with van der Waals surface area (Å²) in [6.45, 7) is 7.34. The van der Waals surface area contributed by atoms with Gasteiger partial charge in [0.2, 0.25) is 0 Å². The molecule has 1 aromatic rings. The summed E-state index contributed by atoms with van der Waals surface area (Å²) in [6.07, 6.45) is 2.98. The summed E-state index contributed by atoms with van der Waals surface area (Å²) >= 11 is 0. The van der Waals surface area contributed by atoms with Gasteiger partial charge in [-0.25, -0.2) is 4.98 Å². The molecule has 0 radical (unpaired) electrons. The molecule has 0 bridgehead atoms. The molecule has 0 amide bonds. The predicted molar refractivity (Wildman–Crippen MR) is 58.9 cm³/mol. The lowest BCUT2D eigenvalue weighted by molar-refractivity contribution is -0.385. The number of aryl methyl sites for hydroxylation is 1. The Labute approximate surface area is 88.0 Å². The van der Waals surface area contributed by atoms with Crippen LogP contribution in [0.2, 0.25) is 0 Å². The second-order valence-corrected chi connectivity index (χ2v) is 3.28. The summed E-state index contributed by atoms with van der Waals surface area (Å²) in [5.74, 6) is 0.646. The Bertz CT molecular complexity index is 390. The molecule has 0 spiro atoms. The van der Waals surface area contributed by atoms with Gasteiger partial charge in [-0.2, -0.15) is 0 Å². The highest BCUT2D eigenvalue weighted by Crippen LogP contribution is 2.18. The topological polar surface area (TPSA) is 68.1 Å². The van der Waals surface area contributed by atoms with E-state index in [1.165, 1.54) is 12.3 Å². The Kier molecular flexibility index (Phi) is 3.38. The van der Waals surface area contributed by atoms with Gasteiger partial charge in [-0.05, 0) is 19.4 Å². The number of hydrogen-bond donors (Lipinski definition) is 1. The van der Waals surface area contributed by atoms with Crippen molar-refractivity contribution in [2.75, 3.05) is 5.32 Å². The van der Waals surface area contributed by atoms with Gasteiger partial charge in [-0.15, -0.1) is 6.58 Å². The van der Waals surface area contributed by atoms with Gasteiger partial charge in [-0.3, -0.25) is 10.1 Å². The van der Waals surface area contributed by atoms with E-state index in [2.05, 4.69) is 16.9 Å². The fourth-order valence-electron chi connectivity index (χ4n) is 1.09. The van der Waals surface area contributed by atoms with Crippen molar-refractivity contribution in [1.82, 2.24) is 4.98 Å². The third-order valence-electron chi connectivity index (χ3n) is 1.99. The van der Waals surface area contributed by atoms with Crippen molar-refractivity contribution in [2.24, 2.45) is 0 Å². The Hall–Kier alpha value is -1.91. The first kappa shape index (κ1) is 11.2. The van der Waals surface area contributed by atoms with E-state index in [1.807, 2.05) is 6.92 Å². The molecule has 1 heterocycles. The van der Waals surface area contributed by atoms with E-state index in [9.17, 15) is 10.1 Å². The van der Waals surface area contributed by atoms with Gasteiger partial charge in [0.15, 0.2) is 0 Å². The zero-order valence-electron chi connectivity index (χ0n) is 8.73. The second kappa shape index (κ2) is 4.54. The summed E-state index contributed by atoms with van der Waals surface area (Å²) in [4.78, 5) is 14.0. The number of aromatic nitrogens is 1. The molecule has 5 heteroatoms. The van der Waals surface area contributed by atoms with E-state index in [1.54, 1.807) is 13.0 Å². The van der Waals surface area contributed by atoms with Crippen LogP contribution in [0.1, 0.15) is 12.5 Å². The Morgan fingerprint density at radius 3 is 2.87 bits per heavy atom. The number of hydrogen-bond acceptors (Lipinski definition) is 4. The van der Waals surface area contributed by atoms with Gasteiger partial charge in [0.1, 0.15) is 12.0 Å². The molecule has 5 nitrogen and oxygen atoms in total. The minimum atomic E-state index is -0.458. The monoisotopic (exact) mass is 207 g/mol. The van der Waals surface area contributed by atoms with Crippen LogP contribution in [0.3, 0.4) is 0 Å². The normalized spacial score (nSPS) is 11.9. The quantitative estimate of drug-likeness (QED) is 0.467. The van der Waals surface area contributed by atoms with Crippen molar-refractivity contribution in [1.29, 1.82) is 0 Å². The zero-order valence-corrected chi connectivity index (χ0v) is 8.73. The Balaban J connectivity index is 2.93. The molecular weight excluding hydrogens is 194 g/mol. The maximum atomic E-state index is 10.5. The predicted octanol–water partition coefficient (Wildman–Crippen LogP) is 2.28. The van der Waals surface area contributed by atoms with E-state index < -0.39 is 4.92 Å². The largest absolute Gasteiger partial charge is 0.364 e. The lowest BCUT2D eigenvalue weighted by atomic mass is 10.2.